The number of oxime groups is 1. The highest BCUT2D eigenvalue weighted by molar-refractivity contribution is 6.30. The smallest absolute Gasteiger partial charge is 0.142 e. The van der Waals surface area contributed by atoms with Gasteiger partial charge in [0.15, 0.2) is 0 Å². The second kappa shape index (κ2) is 6.31. The van der Waals surface area contributed by atoms with Gasteiger partial charge in [-0.2, -0.15) is 0 Å². The lowest BCUT2D eigenvalue weighted by molar-refractivity contribution is 0.129. The Balaban J connectivity index is 1.53. The number of rotatable bonds is 5. The minimum absolute atomic E-state index is 0.502. The normalized spacial score (nSPS) is 21.1. The van der Waals surface area contributed by atoms with E-state index in [9.17, 15) is 0 Å². The molecule has 108 valence electrons. The molecule has 0 unspecified atom stereocenters. The molecule has 3 heteroatoms. The third-order valence-electron chi connectivity index (χ3n) is 3.91. The average molecular weight is 300 g/mol. The highest BCUT2D eigenvalue weighted by atomic mass is 35.5. The van der Waals surface area contributed by atoms with Crippen LogP contribution in [0, 0.1) is 5.92 Å². The molecule has 0 aliphatic heterocycles. The number of hydrogen-bond donors (Lipinski definition) is 0. The quantitative estimate of drug-likeness (QED) is 0.560. The van der Waals surface area contributed by atoms with Crippen LogP contribution in [0.4, 0.5) is 0 Å². The van der Waals surface area contributed by atoms with E-state index in [2.05, 4.69) is 17.3 Å². The van der Waals surface area contributed by atoms with Gasteiger partial charge in [-0.3, -0.25) is 0 Å². The molecule has 0 aromatic heterocycles. The molecule has 2 aromatic rings. The lowest BCUT2D eigenvalue weighted by Gasteiger charge is -2.03. The largest absolute Gasteiger partial charge is 0.391 e. The van der Waals surface area contributed by atoms with Crippen LogP contribution in [-0.4, -0.2) is 5.71 Å². The molecule has 0 N–H and O–H groups in total. The Morgan fingerprint density at radius 3 is 2.57 bits per heavy atom. The summed E-state index contributed by atoms with van der Waals surface area (Å²) in [6.45, 7) is 2.57. The Morgan fingerprint density at radius 2 is 1.86 bits per heavy atom. The summed E-state index contributed by atoms with van der Waals surface area (Å²) >= 11 is 5.92. The molecule has 1 saturated carbocycles. The van der Waals surface area contributed by atoms with E-state index in [0.717, 1.165) is 22.7 Å². The van der Waals surface area contributed by atoms with Crippen LogP contribution in [0.2, 0.25) is 5.02 Å². The van der Waals surface area contributed by atoms with E-state index >= 15 is 0 Å². The SMILES string of the molecule is CC(=NOCc1ccccc1)[C@@H]1C[C@H]1c1ccc(Cl)cc1. The van der Waals surface area contributed by atoms with Crippen LogP contribution in [0.5, 0.6) is 0 Å². The summed E-state index contributed by atoms with van der Waals surface area (Å²) in [5, 5.41) is 5.05. The highest BCUT2D eigenvalue weighted by Crippen LogP contribution is 2.48. The Kier molecular flexibility index (Phi) is 4.26. The predicted molar refractivity (Wildman–Crippen MR) is 86.6 cm³/mol. The van der Waals surface area contributed by atoms with Crippen LogP contribution in [0.3, 0.4) is 0 Å². The van der Waals surface area contributed by atoms with Crippen molar-refractivity contribution in [3.05, 3.63) is 70.7 Å². The summed E-state index contributed by atoms with van der Waals surface area (Å²) in [6.07, 6.45) is 1.14. The van der Waals surface area contributed by atoms with E-state index in [0.29, 0.717) is 18.4 Å². The summed E-state index contributed by atoms with van der Waals surface area (Å²) in [5.74, 6) is 1.06. The van der Waals surface area contributed by atoms with Crippen LogP contribution in [0.25, 0.3) is 0 Å². The van der Waals surface area contributed by atoms with E-state index in [1.165, 1.54) is 5.56 Å². The van der Waals surface area contributed by atoms with Crippen LogP contribution >= 0.6 is 11.6 Å². The maximum absolute atomic E-state index is 5.92. The minimum atomic E-state index is 0.502. The maximum Gasteiger partial charge on any atom is 0.142 e. The van der Waals surface area contributed by atoms with Gasteiger partial charge >= 0.3 is 0 Å². The fraction of sp³-hybridized carbons (Fsp3) is 0.278. The Bertz CT molecular complexity index is 621. The van der Waals surface area contributed by atoms with E-state index in [1.54, 1.807) is 0 Å². The van der Waals surface area contributed by atoms with Crippen LogP contribution < -0.4 is 0 Å². The van der Waals surface area contributed by atoms with Crippen molar-refractivity contribution in [2.45, 2.75) is 25.9 Å². The predicted octanol–water partition coefficient (Wildman–Crippen LogP) is 5.04. The summed E-state index contributed by atoms with van der Waals surface area (Å²) < 4.78 is 0. The standard InChI is InChI=1S/C18H18ClNO/c1-13(20-21-12-14-5-3-2-4-6-14)17-11-18(17)15-7-9-16(19)10-8-15/h2-10,17-18H,11-12H2,1H3/t17-,18-/m0/s1. The summed E-state index contributed by atoms with van der Waals surface area (Å²) in [6, 6.07) is 18.2. The molecular formula is C18H18ClNO. The highest BCUT2D eigenvalue weighted by Gasteiger charge is 2.40. The Hall–Kier alpha value is -1.80. The second-order valence-corrected chi connectivity index (χ2v) is 5.93. The van der Waals surface area contributed by atoms with Crippen molar-refractivity contribution in [2.75, 3.05) is 0 Å². The maximum atomic E-state index is 5.92. The zero-order valence-corrected chi connectivity index (χ0v) is 12.8. The van der Waals surface area contributed by atoms with Crippen LogP contribution in [0.1, 0.15) is 30.4 Å². The Morgan fingerprint density at radius 1 is 1.14 bits per heavy atom. The summed E-state index contributed by atoms with van der Waals surface area (Å²) in [5.41, 5.74) is 3.55. The summed E-state index contributed by atoms with van der Waals surface area (Å²) in [4.78, 5) is 5.45. The zero-order chi connectivity index (χ0) is 14.7. The number of nitrogens with zero attached hydrogens (tertiary/aromatic N) is 1. The van der Waals surface area contributed by atoms with Gasteiger partial charge in [-0.05, 0) is 42.5 Å². The van der Waals surface area contributed by atoms with Gasteiger partial charge in [-0.25, -0.2) is 0 Å². The minimum Gasteiger partial charge on any atom is -0.391 e. The topological polar surface area (TPSA) is 21.6 Å². The van der Waals surface area contributed by atoms with E-state index in [1.807, 2.05) is 49.4 Å². The van der Waals surface area contributed by atoms with Crippen molar-refractivity contribution in [3.63, 3.8) is 0 Å². The van der Waals surface area contributed by atoms with Crippen molar-refractivity contribution in [1.29, 1.82) is 0 Å². The lowest BCUT2D eigenvalue weighted by Crippen LogP contribution is -1.98. The third-order valence-corrected chi connectivity index (χ3v) is 4.16. The molecule has 1 aliphatic carbocycles. The first-order valence-corrected chi connectivity index (χ1v) is 7.57. The fourth-order valence-electron chi connectivity index (χ4n) is 2.59. The molecule has 3 rings (SSSR count). The van der Waals surface area contributed by atoms with E-state index < -0.39 is 0 Å². The third kappa shape index (κ3) is 3.64. The molecule has 21 heavy (non-hydrogen) atoms. The molecule has 0 amide bonds. The van der Waals surface area contributed by atoms with Crippen molar-refractivity contribution in [2.24, 2.45) is 11.1 Å². The van der Waals surface area contributed by atoms with E-state index in [-0.39, 0.29) is 0 Å². The fourth-order valence-corrected chi connectivity index (χ4v) is 2.71. The van der Waals surface area contributed by atoms with Gasteiger partial charge in [-0.1, -0.05) is 59.2 Å². The molecule has 0 heterocycles. The molecule has 2 aromatic carbocycles. The summed E-state index contributed by atoms with van der Waals surface area (Å²) in [7, 11) is 0. The molecule has 0 saturated heterocycles. The van der Waals surface area contributed by atoms with Crippen molar-refractivity contribution in [3.8, 4) is 0 Å². The number of benzene rings is 2. The first-order chi connectivity index (χ1) is 10.2. The molecule has 2 atom stereocenters. The van der Waals surface area contributed by atoms with Gasteiger partial charge in [-0.15, -0.1) is 0 Å². The molecule has 1 aliphatic rings. The van der Waals surface area contributed by atoms with Crippen LogP contribution in [0.15, 0.2) is 59.8 Å². The molecular weight excluding hydrogens is 282 g/mol. The van der Waals surface area contributed by atoms with Gasteiger partial charge in [0, 0.05) is 10.9 Å². The van der Waals surface area contributed by atoms with Gasteiger partial charge < -0.3 is 4.84 Å². The zero-order valence-electron chi connectivity index (χ0n) is 12.0. The average Bonchev–Trinajstić information content (AvgIpc) is 3.30. The Labute approximate surface area is 130 Å². The molecule has 0 spiro atoms. The number of hydrogen-bond acceptors (Lipinski definition) is 2. The van der Waals surface area contributed by atoms with Crippen molar-refractivity contribution in [1.82, 2.24) is 0 Å². The van der Waals surface area contributed by atoms with Crippen LogP contribution in [-0.2, 0) is 11.4 Å². The lowest BCUT2D eigenvalue weighted by atomic mass is 10.1. The van der Waals surface area contributed by atoms with Crippen molar-refractivity contribution < 1.29 is 4.84 Å². The molecule has 2 nitrogen and oxygen atoms in total. The van der Waals surface area contributed by atoms with Gasteiger partial charge in [0.25, 0.3) is 0 Å². The molecule has 0 bridgehead atoms. The first-order valence-electron chi connectivity index (χ1n) is 7.20. The van der Waals surface area contributed by atoms with Gasteiger partial charge in [0.05, 0.1) is 5.71 Å². The molecule has 1 fully saturated rings. The molecule has 0 radical (unpaired) electrons. The van der Waals surface area contributed by atoms with Crippen molar-refractivity contribution >= 4 is 17.3 Å². The number of halogens is 1. The second-order valence-electron chi connectivity index (χ2n) is 5.49. The first kappa shape index (κ1) is 14.2. The van der Waals surface area contributed by atoms with Gasteiger partial charge in [0.1, 0.15) is 6.61 Å². The van der Waals surface area contributed by atoms with Gasteiger partial charge in [0.2, 0.25) is 0 Å². The monoisotopic (exact) mass is 299 g/mol. The van der Waals surface area contributed by atoms with E-state index in [4.69, 9.17) is 16.4 Å².